The Balaban J connectivity index is 0.000000941. The quantitative estimate of drug-likeness (QED) is 0.183. The van der Waals surface area contributed by atoms with Crippen LogP contribution in [0, 0.1) is 5.41 Å². The van der Waals surface area contributed by atoms with Gasteiger partial charge in [0.05, 0.1) is 0 Å². The fourth-order valence-corrected chi connectivity index (χ4v) is 5.89. The monoisotopic (exact) mass is 617 g/mol. The number of carboxylic acid groups (broad SMARTS) is 1. The van der Waals surface area contributed by atoms with Gasteiger partial charge in [-0.05, 0) is 65.2 Å². The molecule has 0 aliphatic rings. The number of hydrogen-bond acceptors (Lipinski definition) is 9. The minimum atomic E-state index is -4.32. The molecule has 1 atom stereocenters. The Morgan fingerprint density at radius 3 is 1.73 bits per heavy atom. The maximum atomic E-state index is 12.6. The molecule has 0 spiro atoms. The first-order valence-corrected chi connectivity index (χ1v) is 16.5. The summed E-state index contributed by atoms with van der Waals surface area (Å²) < 4.78 is 18.0. The Labute approximate surface area is 250 Å². The highest BCUT2D eigenvalue weighted by molar-refractivity contribution is 7.63. The van der Waals surface area contributed by atoms with Gasteiger partial charge in [-0.2, -0.15) is 0 Å². The summed E-state index contributed by atoms with van der Waals surface area (Å²) >= 11 is 1.01. The van der Waals surface area contributed by atoms with Crippen LogP contribution in [0.4, 0.5) is 5.13 Å². The Hall–Kier alpha value is -2.08. The topological polar surface area (TPSA) is 162 Å². The van der Waals surface area contributed by atoms with Crippen molar-refractivity contribution < 1.29 is 28.6 Å². The molecule has 0 bridgehead atoms. The van der Waals surface area contributed by atoms with Crippen molar-refractivity contribution in [2.75, 3.05) is 45.0 Å². The number of nitrogens with zero attached hydrogens (tertiary/aromatic N) is 3. The van der Waals surface area contributed by atoms with Crippen molar-refractivity contribution in [1.29, 1.82) is 0 Å². The summed E-state index contributed by atoms with van der Waals surface area (Å²) in [4.78, 5) is 43.2. The zero-order valence-electron chi connectivity index (χ0n) is 26.7. The number of Topliss-reactive ketones (excluding diaryl/α,β-unsaturated/α-hetero) is 1. The third-order valence-corrected chi connectivity index (χ3v) is 8.89. The number of nitrogens with one attached hydrogen (secondary N) is 1. The molecule has 2 aromatic heterocycles. The van der Waals surface area contributed by atoms with E-state index in [4.69, 9.17) is 15.3 Å². The lowest BCUT2D eigenvalue weighted by Gasteiger charge is -2.23. The van der Waals surface area contributed by atoms with Gasteiger partial charge in [0.2, 0.25) is 5.50 Å². The first-order valence-electron chi connectivity index (χ1n) is 14.1. The molecule has 0 aliphatic carbocycles. The highest BCUT2D eigenvalue weighted by Crippen LogP contribution is 2.40. The van der Waals surface area contributed by atoms with E-state index in [0.717, 1.165) is 11.3 Å². The van der Waals surface area contributed by atoms with E-state index in [1.165, 1.54) is 65.2 Å². The molecule has 0 fully saturated rings. The van der Waals surface area contributed by atoms with Crippen molar-refractivity contribution in [3.8, 4) is 11.5 Å². The lowest BCUT2D eigenvalue weighted by molar-refractivity contribution is -0.142. The van der Waals surface area contributed by atoms with Gasteiger partial charge in [0.1, 0.15) is 16.1 Å². The van der Waals surface area contributed by atoms with E-state index in [2.05, 4.69) is 61.4 Å². The minimum Gasteiger partial charge on any atom is -0.480 e. The van der Waals surface area contributed by atoms with E-state index in [0.29, 0.717) is 0 Å². The highest BCUT2D eigenvalue weighted by atomic mass is 32.1. The average Bonchev–Trinajstić information content (AvgIpc) is 3.53. The molecule has 2 heterocycles. The number of carbonyl (C=O) groups excluding carboxylic acids is 1. The molecule has 0 saturated carbocycles. The molecule has 2 aromatic rings. The number of carbonyl (C=O) groups is 2. The molecule has 0 saturated heterocycles. The maximum absolute atomic E-state index is 12.6. The maximum Gasteiger partial charge on any atom is 0.332 e. The van der Waals surface area contributed by atoms with Gasteiger partial charge in [-0.15, -0.1) is 0 Å². The first kappa shape index (κ1) is 38.9. The molecule has 0 amide bonds. The number of nitrogens with two attached hydrogens (primary N) is 1. The van der Waals surface area contributed by atoms with Crippen LogP contribution >= 0.6 is 18.9 Å². The van der Waals surface area contributed by atoms with Crippen molar-refractivity contribution in [1.82, 2.24) is 19.9 Å². The predicted molar refractivity (Wildman–Crippen MR) is 169 cm³/mol. The summed E-state index contributed by atoms with van der Waals surface area (Å²) in [7, 11) is -4.32. The molecule has 11 nitrogen and oxygen atoms in total. The van der Waals surface area contributed by atoms with Crippen molar-refractivity contribution in [3.05, 3.63) is 17.0 Å². The van der Waals surface area contributed by atoms with Crippen LogP contribution < -0.4 is 16.3 Å². The van der Waals surface area contributed by atoms with Gasteiger partial charge in [0, 0.05) is 5.41 Å². The number of hydrogen-bond donors (Lipinski definition) is 4. The van der Waals surface area contributed by atoms with Crippen molar-refractivity contribution in [3.63, 3.8) is 0 Å². The fourth-order valence-electron chi connectivity index (χ4n) is 3.44. The van der Waals surface area contributed by atoms with Crippen LogP contribution in [-0.2, 0) is 9.36 Å². The summed E-state index contributed by atoms with van der Waals surface area (Å²) in [6.07, 6.45) is 0. The molecule has 0 aliphatic heterocycles. The Bertz CT molecular complexity index is 1110. The SMILES string of the molecule is CC(C)(C)C(=O)c1sc(N)nc1-c1ccc(P(=O)(O)NC(C)(C)C(=O)O)o1.CCN(CC)CC.CCN(CC)CC. The largest absolute Gasteiger partial charge is 0.480 e. The number of aromatic nitrogens is 1. The van der Waals surface area contributed by atoms with E-state index in [1.54, 1.807) is 20.8 Å². The molecule has 13 heteroatoms. The summed E-state index contributed by atoms with van der Waals surface area (Å²) in [6, 6.07) is 2.63. The number of thiazole rings is 1. The number of anilines is 1. The van der Waals surface area contributed by atoms with Gasteiger partial charge in [0.15, 0.2) is 16.7 Å². The van der Waals surface area contributed by atoms with Gasteiger partial charge >= 0.3 is 13.5 Å². The van der Waals surface area contributed by atoms with Crippen LogP contribution in [0.2, 0.25) is 0 Å². The van der Waals surface area contributed by atoms with Crippen LogP contribution in [-0.4, -0.2) is 81.3 Å². The second kappa shape index (κ2) is 17.1. The molecule has 236 valence electrons. The zero-order valence-corrected chi connectivity index (χ0v) is 28.4. The van der Waals surface area contributed by atoms with Crippen LogP contribution in [0.3, 0.4) is 0 Å². The van der Waals surface area contributed by atoms with E-state index >= 15 is 0 Å². The first-order chi connectivity index (χ1) is 18.8. The number of aliphatic carboxylic acids is 1. The molecule has 0 radical (unpaired) electrons. The molecule has 41 heavy (non-hydrogen) atoms. The Morgan fingerprint density at radius 2 is 1.39 bits per heavy atom. The van der Waals surface area contributed by atoms with Gasteiger partial charge < -0.3 is 30.0 Å². The van der Waals surface area contributed by atoms with E-state index in [9.17, 15) is 19.0 Å². The smallest absolute Gasteiger partial charge is 0.332 e. The van der Waals surface area contributed by atoms with Gasteiger partial charge in [-0.3, -0.25) is 14.2 Å². The van der Waals surface area contributed by atoms with Crippen LogP contribution in [0.1, 0.15) is 85.8 Å². The summed E-state index contributed by atoms with van der Waals surface area (Å²) in [5.74, 6) is -1.40. The molecule has 1 unspecified atom stereocenters. The number of nitrogen functional groups attached to an aromatic ring is 1. The molecule has 5 N–H and O–H groups in total. The van der Waals surface area contributed by atoms with Gasteiger partial charge in [-0.25, -0.2) is 10.1 Å². The summed E-state index contributed by atoms with van der Waals surface area (Å²) in [5.41, 5.74) is 3.23. The van der Waals surface area contributed by atoms with Crippen LogP contribution in [0.15, 0.2) is 16.5 Å². The van der Waals surface area contributed by atoms with E-state index in [1.807, 2.05) is 0 Å². The Morgan fingerprint density at radius 1 is 0.951 bits per heavy atom. The molecule has 0 aromatic carbocycles. The zero-order chi connectivity index (χ0) is 32.2. The lowest BCUT2D eigenvalue weighted by Crippen LogP contribution is -2.46. The number of carboxylic acids is 1. The molecule has 2 rings (SSSR count). The number of furan rings is 1. The standard InChI is InChI=1S/C16H22N3O6PS.2C6H15N/c1-15(2,3)12(20)11-10(18-14(17)27-11)8-6-7-9(25-8)26(23,24)19-16(4,5)13(21)22;2*1-4-7(5-2)6-3/h6-7H,1-5H3,(H2,17,18)(H,21,22)(H2,19,23,24);2*4-6H2,1-3H3. The minimum absolute atomic E-state index is 0.0924. The van der Waals surface area contributed by atoms with Crippen molar-refractivity contribution >= 4 is 41.2 Å². The normalized spacial score (nSPS) is 13.2. The number of rotatable bonds is 12. The predicted octanol–water partition coefficient (Wildman–Crippen LogP) is 5.17. The van der Waals surface area contributed by atoms with Crippen molar-refractivity contribution in [2.24, 2.45) is 5.41 Å². The van der Waals surface area contributed by atoms with E-state index < -0.39 is 24.4 Å². The third kappa shape index (κ3) is 12.4. The van der Waals surface area contributed by atoms with E-state index in [-0.39, 0.29) is 32.7 Å². The third-order valence-electron chi connectivity index (χ3n) is 6.30. The van der Waals surface area contributed by atoms with Gasteiger partial charge in [0.25, 0.3) is 0 Å². The lowest BCUT2D eigenvalue weighted by atomic mass is 9.89. The average molecular weight is 618 g/mol. The van der Waals surface area contributed by atoms with Crippen LogP contribution in [0.5, 0.6) is 0 Å². The molecular formula is C28H52N5O6PS. The fraction of sp³-hybridized carbons (Fsp3) is 0.679. The highest BCUT2D eigenvalue weighted by Gasteiger charge is 2.38. The summed E-state index contributed by atoms with van der Waals surface area (Å²) in [6.45, 7) is 28.0. The van der Waals surface area contributed by atoms with Crippen molar-refractivity contribution in [2.45, 2.75) is 81.7 Å². The number of ketones is 1. The van der Waals surface area contributed by atoms with Gasteiger partial charge in [-0.1, -0.05) is 73.7 Å². The second-order valence-electron chi connectivity index (χ2n) is 10.8. The Kier molecular flexibility index (Phi) is 16.3. The van der Waals surface area contributed by atoms with Crippen LogP contribution in [0.25, 0.3) is 11.5 Å². The second-order valence-corrected chi connectivity index (χ2v) is 13.7. The molecular weight excluding hydrogens is 565 g/mol. The summed E-state index contributed by atoms with van der Waals surface area (Å²) in [5, 5.41) is 11.5.